The van der Waals surface area contributed by atoms with Crippen LogP contribution in [0.1, 0.15) is 30.9 Å². The lowest BCUT2D eigenvalue weighted by Crippen LogP contribution is -2.33. The van der Waals surface area contributed by atoms with Crippen molar-refractivity contribution in [3.8, 4) is 0 Å². The van der Waals surface area contributed by atoms with Crippen molar-refractivity contribution in [2.45, 2.75) is 31.5 Å². The van der Waals surface area contributed by atoms with E-state index in [1.807, 2.05) is 6.92 Å². The Balaban J connectivity index is 2.09. The molecule has 2 N–H and O–H groups in total. The molecule has 2 heterocycles. The van der Waals surface area contributed by atoms with Crippen LogP contribution in [0.15, 0.2) is 6.20 Å². The first-order valence-corrected chi connectivity index (χ1v) is 5.81. The summed E-state index contributed by atoms with van der Waals surface area (Å²) in [4.78, 5) is 4.22. The zero-order chi connectivity index (χ0) is 10.2. The summed E-state index contributed by atoms with van der Waals surface area (Å²) < 4.78 is 6.57. The molecule has 1 aromatic rings. The summed E-state index contributed by atoms with van der Waals surface area (Å²) in [6.45, 7) is 2.60. The minimum Gasteiger partial charge on any atom is -0.364 e. The standard InChI is InChI=1S/C9H13ClN2OS/c1-9(5-11)3-2-6(13-9)8-12-4-7(10)14-8/h4,6H,2-3,5,11H2,1H3. The fourth-order valence-corrected chi connectivity index (χ4v) is 2.63. The van der Waals surface area contributed by atoms with Crippen LogP contribution in [0.25, 0.3) is 0 Å². The summed E-state index contributed by atoms with van der Waals surface area (Å²) in [5.74, 6) is 0. The van der Waals surface area contributed by atoms with Gasteiger partial charge in [0, 0.05) is 6.54 Å². The number of halogens is 1. The number of thiazole rings is 1. The molecule has 1 aromatic heterocycles. The Morgan fingerprint density at radius 1 is 1.86 bits per heavy atom. The summed E-state index contributed by atoms with van der Waals surface area (Å²) in [6, 6.07) is 0. The molecule has 14 heavy (non-hydrogen) atoms. The van der Waals surface area contributed by atoms with Crippen LogP contribution >= 0.6 is 22.9 Å². The number of nitrogens with two attached hydrogens (primary N) is 1. The van der Waals surface area contributed by atoms with Gasteiger partial charge in [-0.05, 0) is 19.8 Å². The number of aromatic nitrogens is 1. The Bertz CT molecular complexity index is 330. The van der Waals surface area contributed by atoms with Crippen LogP contribution in [-0.4, -0.2) is 17.1 Å². The van der Waals surface area contributed by atoms with E-state index in [1.54, 1.807) is 6.20 Å². The Morgan fingerprint density at radius 3 is 3.14 bits per heavy atom. The highest BCUT2D eigenvalue weighted by molar-refractivity contribution is 7.15. The SMILES string of the molecule is CC1(CN)CCC(c2ncc(Cl)s2)O1. The monoisotopic (exact) mass is 232 g/mol. The van der Waals surface area contributed by atoms with Gasteiger partial charge in [0.15, 0.2) is 0 Å². The van der Waals surface area contributed by atoms with E-state index in [0.29, 0.717) is 10.9 Å². The minimum atomic E-state index is -0.178. The molecule has 1 aliphatic rings. The smallest absolute Gasteiger partial charge is 0.123 e. The zero-order valence-corrected chi connectivity index (χ0v) is 9.57. The van der Waals surface area contributed by atoms with Gasteiger partial charge in [-0.15, -0.1) is 11.3 Å². The second kappa shape index (κ2) is 3.77. The Labute approximate surface area is 92.2 Å². The quantitative estimate of drug-likeness (QED) is 0.852. The first kappa shape index (κ1) is 10.4. The molecule has 0 bridgehead atoms. The van der Waals surface area contributed by atoms with Crippen LogP contribution in [0.5, 0.6) is 0 Å². The molecule has 0 radical (unpaired) electrons. The molecule has 0 amide bonds. The van der Waals surface area contributed by atoms with Crippen LogP contribution < -0.4 is 5.73 Å². The van der Waals surface area contributed by atoms with Crippen LogP contribution in [-0.2, 0) is 4.74 Å². The molecule has 1 fully saturated rings. The van der Waals surface area contributed by atoms with Gasteiger partial charge in [0.1, 0.15) is 15.4 Å². The molecule has 2 atom stereocenters. The fourth-order valence-electron chi connectivity index (χ4n) is 1.64. The third-order valence-electron chi connectivity index (χ3n) is 2.56. The maximum Gasteiger partial charge on any atom is 0.123 e. The summed E-state index contributed by atoms with van der Waals surface area (Å²) in [5, 5.41) is 0.965. The molecule has 1 saturated heterocycles. The van der Waals surface area contributed by atoms with Gasteiger partial charge in [0.2, 0.25) is 0 Å². The summed E-state index contributed by atoms with van der Waals surface area (Å²) in [6.07, 6.45) is 3.73. The van der Waals surface area contributed by atoms with Crippen LogP contribution in [0.3, 0.4) is 0 Å². The van der Waals surface area contributed by atoms with E-state index in [2.05, 4.69) is 4.98 Å². The van der Waals surface area contributed by atoms with Crippen molar-refractivity contribution < 1.29 is 4.74 Å². The zero-order valence-electron chi connectivity index (χ0n) is 8.00. The van der Waals surface area contributed by atoms with Crippen molar-refractivity contribution in [3.63, 3.8) is 0 Å². The molecular formula is C9H13ClN2OS. The van der Waals surface area contributed by atoms with Crippen molar-refractivity contribution >= 4 is 22.9 Å². The van der Waals surface area contributed by atoms with E-state index in [0.717, 1.165) is 17.8 Å². The van der Waals surface area contributed by atoms with Gasteiger partial charge in [-0.2, -0.15) is 0 Å². The second-order valence-electron chi connectivity index (χ2n) is 3.80. The Hall–Kier alpha value is -0.160. The highest BCUT2D eigenvalue weighted by Gasteiger charge is 2.36. The molecule has 78 valence electrons. The Kier molecular flexibility index (Phi) is 2.79. The lowest BCUT2D eigenvalue weighted by molar-refractivity contribution is -0.0230. The second-order valence-corrected chi connectivity index (χ2v) is 5.50. The van der Waals surface area contributed by atoms with Gasteiger partial charge in [-0.1, -0.05) is 11.6 Å². The molecule has 0 saturated carbocycles. The van der Waals surface area contributed by atoms with Crippen molar-refractivity contribution in [3.05, 3.63) is 15.5 Å². The van der Waals surface area contributed by atoms with Gasteiger partial charge >= 0.3 is 0 Å². The fraction of sp³-hybridized carbons (Fsp3) is 0.667. The molecule has 2 unspecified atom stereocenters. The van der Waals surface area contributed by atoms with E-state index in [-0.39, 0.29) is 11.7 Å². The molecule has 0 spiro atoms. The molecule has 1 aliphatic heterocycles. The van der Waals surface area contributed by atoms with E-state index in [4.69, 9.17) is 22.1 Å². The average Bonchev–Trinajstić information content (AvgIpc) is 2.73. The molecule has 3 nitrogen and oxygen atoms in total. The lowest BCUT2D eigenvalue weighted by atomic mass is 10.0. The van der Waals surface area contributed by atoms with E-state index in [1.165, 1.54) is 11.3 Å². The predicted molar refractivity (Wildman–Crippen MR) is 57.6 cm³/mol. The number of rotatable bonds is 2. The van der Waals surface area contributed by atoms with Crippen molar-refractivity contribution in [2.24, 2.45) is 5.73 Å². The number of nitrogens with zero attached hydrogens (tertiary/aromatic N) is 1. The average molecular weight is 233 g/mol. The first-order valence-electron chi connectivity index (χ1n) is 4.62. The van der Waals surface area contributed by atoms with Gasteiger partial charge in [-0.25, -0.2) is 4.98 Å². The molecular weight excluding hydrogens is 220 g/mol. The van der Waals surface area contributed by atoms with Gasteiger partial charge in [0.25, 0.3) is 0 Å². The highest BCUT2D eigenvalue weighted by Crippen LogP contribution is 2.40. The summed E-state index contributed by atoms with van der Waals surface area (Å²) in [5.41, 5.74) is 5.47. The molecule has 0 aromatic carbocycles. The van der Waals surface area contributed by atoms with Crippen molar-refractivity contribution in [1.82, 2.24) is 4.98 Å². The van der Waals surface area contributed by atoms with E-state index < -0.39 is 0 Å². The third-order valence-corrected chi connectivity index (χ3v) is 3.77. The van der Waals surface area contributed by atoms with Crippen LogP contribution in [0.4, 0.5) is 0 Å². The minimum absolute atomic E-state index is 0.0843. The van der Waals surface area contributed by atoms with Gasteiger partial charge in [0.05, 0.1) is 11.8 Å². The van der Waals surface area contributed by atoms with Crippen LogP contribution in [0, 0.1) is 0 Å². The van der Waals surface area contributed by atoms with E-state index >= 15 is 0 Å². The predicted octanol–water partition coefficient (Wildman–Crippen LogP) is 2.37. The molecule has 5 heteroatoms. The maximum atomic E-state index is 5.86. The maximum absolute atomic E-state index is 5.86. The number of ether oxygens (including phenoxy) is 1. The number of hydrogen-bond acceptors (Lipinski definition) is 4. The third kappa shape index (κ3) is 1.93. The lowest BCUT2D eigenvalue weighted by Gasteiger charge is -2.21. The summed E-state index contributed by atoms with van der Waals surface area (Å²) in [7, 11) is 0. The molecule has 2 rings (SSSR count). The Morgan fingerprint density at radius 2 is 2.64 bits per heavy atom. The van der Waals surface area contributed by atoms with Crippen molar-refractivity contribution in [2.75, 3.05) is 6.54 Å². The molecule has 0 aliphatic carbocycles. The number of hydrogen-bond donors (Lipinski definition) is 1. The largest absolute Gasteiger partial charge is 0.364 e. The van der Waals surface area contributed by atoms with Gasteiger partial charge < -0.3 is 10.5 Å². The van der Waals surface area contributed by atoms with Gasteiger partial charge in [-0.3, -0.25) is 0 Å². The topological polar surface area (TPSA) is 48.1 Å². The summed E-state index contributed by atoms with van der Waals surface area (Å²) >= 11 is 7.30. The normalized spacial score (nSPS) is 32.4. The van der Waals surface area contributed by atoms with Crippen molar-refractivity contribution in [1.29, 1.82) is 0 Å². The van der Waals surface area contributed by atoms with Crippen LogP contribution in [0.2, 0.25) is 4.34 Å². The highest BCUT2D eigenvalue weighted by atomic mass is 35.5. The first-order chi connectivity index (χ1) is 6.63. The van der Waals surface area contributed by atoms with E-state index in [9.17, 15) is 0 Å².